The second-order valence-electron chi connectivity index (χ2n) is 8.37. The number of para-hydroxylation sites is 2. The molecule has 5 rings (SSSR count). The van der Waals surface area contributed by atoms with Gasteiger partial charge in [0.2, 0.25) is 0 Å². The van der Waals surface area contributed by atoms with E-state index in [-0.39, 0.29) is 18.1 Å². The molecular weight excluding hydrogens is 461 g/mol. The van der Waals surface area contributed by atoms with Gasteiger partial charge in [-0.25, -0.2) is 19.6 Å². The number of nitrogens with one attached hydrogen (secondary N) is 1. The van der Waals surface area contributed by atoms with Crippen LogP contribution in [-0.2, 0) is 7.05 Å². The van der Waals surface area contributed by atoms with E-state index in [4.69, 9.17) is 0 Å². The monoisotopic (exact) mass is 481 g/mol. The molecule has 172 valence electrons. The number of benzene rings is 2. The fourth-order valence-electron chi connectivity index (χ4n) is 4.37. The maximum atomic E-state index is 13.1. The molecule has 1 fully saturated rings. The number of carbonyl (C=O) groups is 1. The van der Waals surface area contributed by atoms with Crippen LogP contribution >= 0.6 is 11.3 Å². The van der Waals surface area contributed by atoms with Gasteiger partial charge in [0.1, 0.15) is 5.69 Å². The fraction of sp³-hybridized carbons (Fsp3) is 0.208. The number of aryl methyl sites for hydroxylation is 1. The van der Waals surface area contributed by atoms with Gasteiger partial charge in [0.05, 0.1) is 34.0 Å². The number of nitrogens with zero attached hydrogens (tertiary/aromatic N) is 6. The zero-order chi connectivity index (χ0) is 24.5. The Labute approximate surface area is 205 Å². The van der Waals surface area contributed by atoms with Crippen LogP contribution in [0.5, 0.6) is 0 Å². The van der Waals surface area contributed by atoms with Crippen LogP contribution in [0.15, 0.2) is 52.6 Å². The number of hydrogen-bond acceptors (Lipinski definition) is 7. The molecule has 1 aliphatic rings. The fourth-order valence-corrected chi connectivity index (χ4v) is 5.18. The summed E-state index contributed by atoms with van der Waals surface area (Å²) < 4.78 is 3.05. The van der Waals surface area contributed by atoms with Gasteiger partial charge in [0.25, 0.3) is 12.6 Å². The van der Waals surface area contributed by atoms with Crippen molar-refractivity contribution < 1.29 is 4.79 Å². The van der Waals surface area contributed by atoms with E-state index >= 15 is 0 Å². The molecule has 2 aromatic heterocycles. The Balaban J connectivity index is 1.44. The average molecular weight is 481 g/mol. The van der Waals surface area contributed by atoms with E-state index in [1.54, 1.807) is 29.1 Å². The molecule has 0 unspecified atom stereocenters. The molecule has 0 atom stereocenters. The van der Waals surface area contributed by atoms with Crippen LogP contribution in [0.2, 0.25) is 12.6 Å². The van der Waals surface area contributed by atoms with Gasteiger partial charge in [-0.15, -0.1) is 11.3 Å². The highest BCUT2D eigenvalue weighted by Gasteiger charge is 2.25. The SMILES string of the molecule is Cn1c(=O)n(-c2nc(C(=O)Nc3cc(C#N)ccc3N3CCB(C#N)CC3)cs2)c2ccccc21. The second-order valence-corrected chi connectivity index (χ2v) is 9.21. The van der Waals surface area contributed by atoms with Gasteiger partial charge in [-0.05, 0) is 43.0 Å². The van der Waals surface area contributed by atoms with Crippen LogP contribution < -0.4 is 15.9 Å². The smallest absolute Gasteiger partial charge is 0.335 e. The Morgan fingerprint density at radius 3 is 2.60 bits per heavy atom. The lowest BCUT2D eigenvalue weighted by Crippen LogP contribution is -2.37. The number of imidazole rings is 1. The molecular formula is C24H20BN7O2S. The third kappa shape index (κ3) is 4.07. The van der Waals surface area contributed by atoms with Crippen LogP contribution in [0.4, 0.5) is 11.4 Å². The largest absolute Gasteiger partial charge is 0.371 e. The highest BCUT2D eigenvalue weighted by molar-refractivity contribution is 7.12. The van der Waals surface area contributed by atoms with Crippen molar-refractivity contribution in [2.75, 3.05) is 23.3 Å². The Bertz CT molecular complexity index is 1580. The van der Waals surface area contributed by atoms with Crippen LogP contribution in [0.1, 0.15) is 16.1 Å². The minimum atomic E-state index is -0.427. The predicted molar refractivity (Wildman–Crippen MR) is 136 cm³/mol. The van der Waals surface area contributed by atoms with Crippen LogP contribution in [-0.4, -0.2) is 39.8 Å². The number of amides is 1. The van der Waals surface area contributed by atoms with Crippen molar-refractivity contribution in [1.82, 2.24) is 14.1 Å². The van der Waals surface area contributed by atoms with Gasteiger partial charge in [0, 0.05) is 31.5 Å². The minimum Gasteiger partial charge on any atom is -0.371 e. The van der Waals surface area contributed by atoms with Gasteiger partial charge in [-0.2, -0.15) is 5.26 Å². The average Bonchev–Trinajstić information content (AvgIpc) is 3.47. The Morgan fingerprint density at radius 1 is 1.14 bits per heavy atom. The second kappa shape index (κ2) is 9.13. The van der Waals surface area contributed by atoms with E-state index < -0.39 is 5.91 Å². The van der Waals surface area contributed by atoms with Gasteiger partial charge in [0.15, 0.2) is 5.13 Å². The lowest BCUT2D eigenvalue weighted by atomic mass is 9.45. The summed E-state index contributed by atoms with van der Waals surface area (Å²) in [6.07, 6.45) is 1.50. The van der Waals surface area contributed by atoms with Crippen LogP contribution in [0.3, 0.4) is 0 Å². The van der Waals surface area contributed by atoms with Crippen LogP contribution in [0, 0.1) is 22.6 Å². The third-order valence-electron chi connectivity index (χ3n) is 6.27. The third-order valence-corrected chi connectivity index (χ3v) is 7.10. The zero-order valence-corrected chi connectivity index (χ0v) is 19.7. The van der Waals surface area contributed by atoms with Crippen LogP contribution in [0.25, 0.3) is 16.2 Å². The molecule has 9 nitrogen and oxygen atoms in total. The van der Waals surface area contributed by atoms with Crippen molar-refractivity contribution in [1.29, 1.82) is 10.5 Å². The number of rotatable bonds is 4. The van der Waals surface area contributed by atoms with Gasteiger partial charge >= 0.3 is 5.69 Å². The predicted octanol–water partition coefficient (Wildman–Crippen LogP) is 3.29. The van der Waals surface area contributed by atoms with Crippen molar-refractivity contribution in [3.63, 3.8) is 0 Å². The van der Waals surface area contributed by atoms with Crippen molar-refractivity contribution >= 4 is 46.4 Å². The molecule has 35 heavy (non-hydrogen) atoms. The molecule has 1 aliphatic heterocycles. The molecule has 0 aliphatic carbocycles. The normalized spacial score (nSPS) is 13.5. The Kier molecular flexibility index (Phi) is 5.85. The molecule has 1 amide bonds. The maximum absolute atomic E-state index is 13.1. The zero-order valence-electron chi connectivity index (χ0n) is 18.9. The minimum absolute atomic E-state index is 0.0357. The first-order chi connectivity index (χ1) is 17.0. The Hall–Kier alpha value is -4.35. The number of carbonyl (C=O) groups excluding carboxylic acids is 1. The molecule has 4 aromatic rings. The Morgan fingerprint density at radius 2 is 1.89 bits per heavy atom. The van der Waals surface area contributed by atoms with E-state index in [1.807, 2.05) is 30.3 Å². The van der Waals surface area contributed by atoms with E-state index in [2.05, 4.69) is 27.2 Å². The summed E-state index contributed by atoms with van der Waals surface area (Å²) in [6.45, 7) is 1.42. The molecule has 0 saturated carbocycles. The quantitative estimate of drug-likeness (QED) is 0.447. The lowest BCUT2D eigenvalue weighted by molar-refractivity contribution is 0.102. The number of nitriles is 2. The number of aromatic nitrogens is 3. The molecule has 1 saturated heterocycles. The van der Waals surface area contributed by atoms with E-state index in [0.29, 0.717) is 35.0 Å². The summed E-state index contributed by atoms with van der Waals surface area (Å²) in [6, 6.07) is 14.7. The summed E-state index contributed by atoms with van der Waals surface area (Å²) in [7, 11) is 1.70. The first kappa shape index (κ1) is 22.4. The van der Waals surface area contributed by atoms with E-state index in [1.165, 1.54) is 15.9 Å². The summed E-state index contributed by atoms with van der Waals surface area (Å²) in [5, 5.41) is 23.5. The standard InChI is InChI=1S/C24H20BN7O2S/c1-30-20-4-2-3-5-21(20)32(24(30)34)23-29-18(14-35-23)22(33)28-17-12-16(13-26)6-7-19(17)31-10-8-25(15-27)9-11-31/h2-7,12,14H,8-11H2,1H3,(H,28,33). The summed E-state index contributed by atoms with van der Waals surface area (Å²) in [5.74, 6) is 1.90. The first-order valence-corrected chi connectivity index (χ1v) is 12.0. The van der Waals surface area contributed by atoms with E-state index in [0.717, 1.165) is 23.8 Å². The maximum Gasteiger partial charge on any atom is 0.335 e. The highest BCUT2D eigenvalue weighted by atomic mass is 32.1. The van der Waals surface area contributed by atoms with Crippen molar-refractivity contribution in [3.8, 4) is 17.2 Å². The summed E-state index contributed by atoms with van der Waals surface area (Å²) in [5.41, 5.74) is 3.18. The van der Waals surface area contributed by atoms with Crippen molar-refractivity contribution in [2.24, 2.45) is 7.05 Å². The molecule has 2 aromatic carbocycles. The highest BCUT2D eigenvalue weighted by Crippen LogP contribution is 2.30. The molecule has 0 spiro atoms. The molecule has 1 N–H and O–H groups in total. The lowest BCUT2D eigenvalue weighted by Gasteiger charge is -2.31. The topological polar surface area (TPSA) is 120 Å². The number of thiazole rings is 1. The molecule has 0 bridgehead atoms. The number of hydrogen-bond donors (Lipinski definition) is 1. The summed E-state index contributed by atoms with van der Waals surface area (Å²) >= 11 is 1.21. The van der Waals surface area contributed by atoms with Crippen molar-refractivity contribution in [2.45, 2.75) is 12.6 Å². The number of anilines is 2. The molecule has 11 heteroatoms. The number of fused-ring (bicyclic) bond motifs is 1. The van der Waals surface area contributed by atoms with Gasteiger partial charge in [-0.3, -0.25) is 9.36 Å². The first-order valence-electron chi connectivity index (χ1n) is 11.1. The molecule has 0 radical (unpaired) electrons. The van der Waals surface area contributed by atoms with Gasteiger partial charge < -0.3 is 10.2 Å². The van der Waals surface area contributed by atoms with Crippen molar-refractivity contribution in [3.05, 3.63) is 69.6 Å². The van der Waals surface area contributed by atoms with Gasteiger partial charge in [-0.1, -0.05) is 12.1 Å². The molecule has 3 heterocycles. The van der Waals surface area contributed by atoms with E-state index in [9.17, 15) is 20.1 Å². The summed E-state index contributed by atoms with van der Waals surface area (Å²) in [4.78, 5) is 32.5.